The highest BCUT2D eigenvalue weighted by Gasteiger charge is 2.42. The van der Waals surface area contributed by atoms with Crippen molar-refractivity contribution in [1.29, 1.82) is 0 Å². The zero-order chi connectivity index (χ0) is 21.5. The van der Waals surface area contributed by atoms with Crippen LogP contribution in [0.15, 0.2) is 54.7 Å². The third-order valence-electron chi connectivity index (χ3n) is 6.76. The highest BCUT2D eigenvalue weighted by atomic mass is 32.1. The second-order valence-electron chi connectivity index (χ2n) is 8.65. The number of aromatic nitrogens is 2. The van der Waals surface area contributed by atoms with E-state index in [2.05, 4.69) is 45.7 Å². The van der Waals surface area contributed by atoms with E-state index in [0.29, 0.717) is 11.2 Å². The summed E-state index contributed by atoms with van der Waals surface area (Å²) in [5, 5.41) is 14.0. The van der Waals surface area contributed by atoms with E-state index in [0.717, 1.165) is 11.4 Å². The molecule has 6 heteroatoms. The van der Waals surface area contributed by atoms with Crippen molar-refractivity contribution in [1.82, 2.24) is 14.9 Å². The number of thiocarbonyl (C=S) groups is 1. The highest BCUT2D eigenvalue weighted by Crippen LogP contribution is 2.44. The smallest absolute Gasteiger partial charge is 0.174 e. The van der Waals surface area contributed by atoms with E-state index in [1.54, 1.807) is 12.1 Å². The number of aromatic hydroxyl groups is 1. The predicted octanol–water partition coefficient (Wildman–Crippen LogP) is 5.50. The van der Waals surface area contributed by atoms with E-state index in [-0.39, 0.29) is 17.8 Å². The van der Waals surface area contributed by atoms with E-state index in [1.807, 2.05) is 30.5 Å². The average molecular weight is 433 g/mol. The van der Waals surface area contributed by atoms with Gasteiger partial charge in [0.25, 0.3) is 0 Å². The molecule has 0 bridgehead atoms. The van der Waals surface area contributed by atoms with Crippen LogP contribution < -0.4 is 10.2 Å². The van der Waals surface area contributed by atoms with Crippen molar-refractivity contribution in [2.45, 2.75) is 57.7 Å². The quantitative estimate of drug-likeness (QED) is 0.533. The molecule has 1 saturated heterocycles. The molecule has 2 aromatic heterocycles. The van der Waals surface area contributed by atoms with Gasteiger partial charge in [-0.2, -0.15) is 0 Å². The molecule has 2 aliphatic rings. The third-order valence-corrected chi connectivity index (χ3v) is 7.07. The lowest BCUT2D eigenvalue weighted by Gasteiger charge is -2.28. The molecule has 1 aliphatic carbocycles. The standard InChI is InChI=1S/C25H28N4OS/c1-16-15-21(17(2)28(16)18-7-3-4-8-18)24-23(22-9-5-6-14-26-22)27-25(31)29(24)19-10-12-20(30)13-11-19/h5-6,9-15,18,23-24,30H,3-4,7-8H2,1-2H3,(H,27,31). The molecule has 3 heterocycles. The highest BCUT2D eigenvalue weighted by molar-refractivity contribution is 7.80. The van der Waals surface area contributed by atoms with E-state index < -0.39 is 0 Å². The number of anilines is 1. The fraction of sp³-hybridized carbons (Fsp3) is 0.360. The van der Waals surface area contributed by atoms with Crippen molar-refractivity contribution in [2.75, 3.05) is 4.90 Å². The number of phenols is 1. The number of pyridine rings is 1. The van der Waals surface area contributed by atoms with Crippen LogP contribution in [0.3, 0.4) is 0 Å². The lowest BCUT2D eigenvalue weighted by molar-refractivity contribution is 0.475. The maximum absolute atomic E-state index is 9.80. The minimum absolute atomic E-state index is 0.0201. The summed E-state index contributed by atoms with van der Waals surface area (Å²) < 4.78 is 2.54. The van der Waals surface area contributed by atoms with Crippen molar-refractivity contribution in [3.05, 3.63) is 77.4 Å². The van der Waals surface area contributed by atoms with Gasteiger partial charge >= 0.3 is 0 Å². The number of nitrogens with zero attached hydrogens (tertiary/aromatic N) is 3. The molecular weight excluding hydrogens is 404 g/mol. The maximum Gasteiger partial charge on any atom is 0.174 e. The van der Waals surface area contributed by atoms with Gasteiger partial charge in [-0.05, 0) is 86.9 Å². The molecule has 2 unspecified atom stereocenters. The van der Waals surface area contributed by atoms with Gasteiger partial charge in [0, 0.05) is 29.3 Å². The largest absolute Gasteiger partial charge is 0.508 e. The predicted molar refractivity (Wildman–Crippen MR) is 127 cm³/mol. The Balaban J connectivity index is 1.64. The van der Waals surface area contributed by atoms with Crippen LogP contribution in [0.4, 0.5) is 5.69 Å². The summed E-state index contributed by atoms with van der Waals surface area (Å²) in [7, 11) is 0. The molecule has 3 aromatic rings. The van der Waals surface area contributed by atoms with Crippen molar-refractivity contribution < 1.29 is 5.11 Å². The molecular formula is C25H28N4OS. The minimum atomic E-state index is -0.0555. The summed E-state index contributed by atoms with van der Waals surface area (Å²) in [6.45, 7) is 4.46. The number of benzene rings is 1. The first-order chi connectivity index (χ1) is 15.0. The first kappa shape index (κ1) is 20.1. The number of rotatable bonds is 4. The number of phenolic OH excluding ortho intramolecular Hbond substituents is 1. The van der Waals surface area contributed by atoms with Gasteiger partial charge in [0.05, 0.1) is 17.8 Å². The van der Waals surface area contributed by atoms with Crippen molar-refractivity contribution in [3.8, 4) is 5.75 Å². The first-order valence-electron chi connectivity index (χ1n) is 11.0. The Morgan fingerprint density at radius 2 is 1.81 bits per heavy atom. The molecule has 1 saturated carbocycles. The van der Waals surface area contributed by atoms with Crippen LogP contribution in [0.1, 0.15) is 66.5 Å². The van der Waals surface area contributed by atoms with Gasteiger partial charge in [-0.25, -0.2) is 0 Å². The van der Waals surface area contributed by atoms with Gasteiger partial charge in [0.15, 0.2) is 5.11 Å². The normalized spacial score (nSPS) is 21.6. The Morgan fingerprint density at radius 3 is 2.48 bits per heavy atom. The van der Waals surface area contributed by atoms with Crippen molar-refractivity contribution in [3.63, 3.8) is 0 Å². The topological polar surface area (TPSA) is 53.3 Å². The molecule has 31 heavy (non-hydrogen) atoms. The number of hydrogen-bond acceptors (Lipinski definition) is 3. The molecule has 0 spiro atoms. The summed E-state index contributed by atoms with van der Waals surface area (Å²) in [5.41, 5.74) is 5.83. The summed E-state index contributed by atoms with van der Waals surface area (Å²) in [5.74, 6) is 0.249. The Bertz CT molecular complexity index is 1090. The fourth-order valence-corrected chi connectivity index (χ4v) is 5.73. The van der Waals surface area contributed by atoms with Gasteiger partial charge in [-0.3, -0.25) is 4.98 Å². The lowest BCUT2D eigenvalue weighted by atomic mass is 9.96. The maximum atomic E-state index is 9.80. The monoisotopic (exact) mass is 432 g/mol. The van der Waals surface area contributed by atoms with Gasteiger partial charge in [-0.15, -0.1) is 0 Å². The van der Waals surface area contributed by atoms with E-state index >= 15 is 0 Å². The number of nitrogens with one attached hydrogen (secondary N) is 1. The third kappa shape index (κ3) is 3.49. The van der Waals surface area contributed by atoms with Crippen LogP contribution in [0.2, 0.25) is 0 Å². The molecule has 1 aliphatic heterocycles. The van der Waals surface area contributed by atoms with E-state index in [9.17, 15) is 5.11 Å². The van der Waals surface area contributed by atoms with E-state index in [4.69, 9.17) is 12.2 Å². The Kier molecular flexibility index (Phi) is 5.18. The Hall–Kier alpha value is -2.86. The van der Waals surface area contributed by atoms with Crippen LogP contribution in [0.25, 0.3) is 0 Å². The molecule has 0 amide bonds. The Labute approximate surface area is 188 Å². The lowest BCUT2D eigenvalue weighted by Crippen LogP contribution is -2.29. The van der Waals surface area contributed by atoms with Crippen LogP contribution in [-0.4, -0.2) is 19.8 Å². The first-order valence-corrected chi connectivity index (χ1v) is 11.4. The van der Waals surface area contributed by atoms with E-state index in [1.165, 1.54) is 42.6 Å². The fourth-order valence-electron chi connectivity index (χ4n) is 5.39. The van der Waals surface area contributed by atoms with Crippen LogP contribution in [0.5, 0.6) is 5.75 Å². The Morgan fingerprint density at radius 1 is 1.06 bits per heavy atom. The molecule has 5 rings (SSSR count). The summed E-state index contributed by atoms with van der Waals surface area (Å²) in [6.07, 6.45) is 6.96. The second-order valence-corrected chi connectivity index (χ2v) is 9.03. The zero-order valence-corrected chi connectivity index (χ0v) is 18.8. The molecule has 0 radical (unpaired) electrons. The summed E-state index contributed by atoms with van der Waals surface area (Å²) in [4.78, 5) is 6.83. The van der Waals surface area contributed by atoms with Crippen molar-refractivity contribution in [2.24, 2.45) is 0 Å². The van der Waals surface area contributed by atoms with Gasteiger partial charge in [-0.1, -0.05) is 18.9 Å². The van der Waals surface area contributed by atoms with Crippen LogP contribution in [-0.2, 0) is 0 Å². The number of aryl methyl sites for hydroxylation is 1. The molecule has 5 nitrogen and oxygen atoms in total. The number of hydrogen-bond donors (Lipinski definition) is 2. The van der Waals surface area contributed by atoms with Gasteiger partial charge < -0.3 is 19.9 Å². The minimum Gasteiger partial charge on any atom is -0.508 e. The van der Waals surface area contributed by atoms with Crippen molar-refractivity contribution >= 4 is 23.0 Å². The average Bonchev–Trinajstić information content (AvgIpc) is 3.47. The summed E-state index contributed by atoms with van der Waals surface area (Å²) >= 11 is 5.82. The molecule has 160 valence electrons. The molecule has 2 N–H and O–H groups in total. The van der Waals surface area contributed by atoms with Gasteiger partial charge in [0.2, 0.25) is 0 Å². The molecule has 2 atom stereocenters. The SMILES string of the molecule is Cc1cc(C2C(c3ccccn3)NC(=S)N2c2ccc(O)cc2)c(C)n1C1CCCC1. The molecule has 2 fully saturated rings. The zero-order valence-electron chi connectivity index (χ0n) is 18.0. The van der Waals surface area contributed by atoms with Crippen LogP contribution in [0, 0.1) is 13.8 Å². The summed E-state index contributed by atoms with van der Waals surface area (Å²) in [6, 6.07) is 16.1. The van der Waals surface area contributed by atoms with Crippen LogP contribution >= 0.6 is 12.2 Å². The second kappa shape index (κ2) is 8.00. The van der Waals surface area contributed by atoms with Gasteiger partial charge in [0.1, 0.15) is 5.75 Å². The molecule has 1 aromatic carbocycles.